The Kier molecular flexibility index (Phi) is 3.93. The number of nitrogens with two attached hydrogens (primary N) is 1. The molecule has 1 aromatic rings. The van der Waals surface area contributed by atoms with E-state index in [2.05, 4.69) is 15.3 Å². The zero-order valence-corrected chi connectivity index (χ0v) is 8.28. The van der Waals surface area contributed by atoms with Crippen LogP contribution in [0, 0.1) is 0 Å². The summed E-state index contributed by atoms with van der Waals surface area (Å²) in [5, 5.41) is 3.01. The van der Waals surface area contributed by atoms with E-state index in [1.54, 1.807) is 7.11 Å². The highest BCUT2D eigenvalue weighted by atomic mass is 16.5. The number of methoxy groups -OCH3 is 2. The van der Waals surface area contributed by atoms with E-state index < -0.39 is 0 Å². The van der Waals surface area contributed by atoms with E-state index in [-0.39, 0.29) is 0 Å². The third kappa shape index (κ3) is 2.46. The molecule has 14 heavy (non-hydrogen) atoms. The van der Waals surface area contributed by atoms with Gasteiger partial charge in [0.25, 0.3) is 0 Å². The van der Waals surface area contributed by atoms with Crippen molar-refractivity contribution >= 4 is 11.5 Å². The maximum Gasteiger partial charge on any atom is 0.242 e. The van der Waals surface area contributed by atoms with Gasteiger partial charge in [0.15, 0.2) is 5.82 Å². The van der Waals surface area contributed by atoms with Gasteiger partial charge in [-0.15, -0.1) is 0 Å². The van der Waals surface area contributed by atoms with Gasteiger partial charge in [-0.3, -0.25) is 0 Å². The van der Waals surface area contributed by atoms with Gasteiger partial charge < -0.3 is 20.5 Å². The Labute approximate surface area is 82.4 Å². The molecule has 0 aliphatic heterocycles. The molecule has 0 bridgehead atoms. The number of hydrogen-bond donors (Lipinski definition) is 2. The summed E-state index contributed by atoms with van der Waals surface area (Å²) >= 11 is 0. The van der Waals surface area contributed by atoms with Gasteiger partial charge in [0, 0.05) is 13.7 Å². The van der Waals surface area contributed by atoms with Gasteiger partial charge >= 0.3 is 0 Å². The maximum atomic E-state index is 5.72. The lowest BCUT2D eigenvalue weighted by Gasteiger charge is -2.09. The van der Waals surface area contributed by atoms with Crippen molar-refractivity contribution in [2.24, 2.45) is 0 Å². The van der Waals surface area contributed by atoms with Gasteiger partial charge in [0.1, 0.15) is 12.0 Å². The van der Waals surface area contributed by atoms with Crippen LogP contribution in [0.25, 0.3) is 0 Å². The molecule has 1 rings (SSSR count). The third-order valence-electron chi connectivity index (χ3n) is 1.64. The largest absolute Gasteiger partial charge is 0.479 e. The minimum Gasteiger partial charge on any atom is -0.479 e. The molecule has 0 unspecified atom stereocenters. The van der Waals surface area contributed by atoms with Crippen molar-refractivity contribution in [2.45, 2.75) is 0 Å². The lowest BCUT2D eigenvalue weighted by atomic mass is 10.4. The average molecular weight is 198 g/mol. The van der Waals surface area contributed by atoms with Gasteiger partial charge in [-0.25, -0.2) is 4.98 Å². The van der Waals surface area contributed by atoms with Crippen molar-refractivity contribution in [3.63, 3.8) is 0 Å². The van der Waals surface area contributed by atoms with Gasteiger partial charge in [-0.05, 0) is 0 Å². The van der Waals surface area contributed by atoms with Crippen LogP contribution >= 0.6 is 0 Å². The summed E-state index contributed by atoms with van der Waals surface area (Å²) < 4.78 is 9.83. The van der Waals surface area contributed by atoms with Crippen molar-refractivity contribution in [3.8, 4) is 5.88 Å². The van der Waals surface area contributed by atoms with Crippen molar-refractivity contribution in [1.29, 1.82) is 0 Å². The predicted octanol–water partition coefficient (Wildman–Crippen LogP) is 0.126. The van der Waals surface area contributed by atoms with E-state index >= 15 is 0 Å². The van der Waals surface area contributed by atoms with Crippen molar-refractivity contribution in [3.05, 3.63) is 6.33 Å². The molecule has 6 nitrogen and oxygen atoms in total. The minimum absolute atomic E-state index is 0.375. The van der Waals surface area contributed by atoms with Crippen LogP contribution in [-0.4, -0.2) is 37.3 Å². The number of rotatable bonds is 5. The van der Waals surface area contributed by atoms with Crippen molar-refractivity contribution < 1.29 is 9.47 Å². The number of nitrogens with one attached hydrogen (secondary N) is 1. The molecule has 0 saturated heterocycles. The Morgan fingerprint density at radius 1 is 1.43 bits per heavy atom. The maximum absolute atomic E-state index is 5.72. The molecular weight excluding hydrogens is 184 g/mol. The SMILES string of the molecule is COCCNc1ncnc(OC)c1N. The summed E-state index contributed by atoms with van der Waals surface area (Å²) in [6.45, 7) is 1.23. The molecule has 78 valence electrons. The molecule has 0 saturated carbocycles. The Morgan fingerprint density at radius 3 is 2.86 bits per heavy atom. The van der Waals surface area contributed by atoms with E-state index in [1.165, 1.54) is 13.4 Å². The fraction of sp³-hybridized carbons (Fsp3) is 0.500. The Morgan fingerprint density at radius 2 is 2.21 bits per heavy atom. The topological polar surface area (TPSA) is 82.3 Å². The number of hydrogen-bond acceptors (Lipinski definition) is 6. The highest BCUT2D eigenvalue weighted by molar-refractivity contribution is 5.66. The predicted molar refractivity (Wildman–Crippen MR) is 53.4 cm³/mol. The van der Waals surface area contributed by atoms with Crippen LogP contribution in [0.3, 0.4) is 0 Å². The van der Waals surface area contributed by atoms with Gasteiger partial charge in [-0.2, -0.15) is 4.98 Å². The fourth-order valence-electron chi connectivity index (χ4n) is 0.954. The summed E-state index contributed by atoms with van der Waals surface area (Å²) in [6, 6.07) is 0. The number of anilines is 2. The first-order valence-corrected chi connectivity index (χ1v) is 4.17. The summed E-state index contributed by atoms with van der Waals surface area (Å²) in [5.74, 6) is 0.939. The third-order valence-corrected chi connectivity index (χ3v) is 1.64. The molecule has 0 aliphatic carbocycles. The van der Waals surface area contributed by atoms with Crippen molar-refractivity contribution in [2.75, 3.05) is 38.4 Å². The van der Waals surface area contributed by atoms with Crippen LogP contribution in [0.5, 0.6) is 5.88 Å². The second-order valence-electron chi connectivity index (χ2n) is 2.56. The smallest absolute Gasteiger partial charge is 0.242 e. The highest BCUT2D eigenvalue weighted by Gasteiger charge is 2.06. The second-order valence-corrected chi connectivity index (χ2v) is 2.56. The number of ether oxygens (including phenoxy) is 2. The first kappa shape index (κ1) is 10.5. The molecule has 0 atom stereocenters. The Hall–Kier alpha value is -1.56. The van der Waals surface area contributed by atoms with Gasteiger partial charge in [0.05, 0.1) is 13.7 Å². The van der Waals surface area contributed by atoms with E-state index in [1.807, 2.05) is 0 Å². The second kappa shape index (κ2) is 5.23. The van der Waals surface area contributed by atoms with Gasteiger partial charge in [-0.1, -0.05) is 0 Å². The average Bonchev–Trinajstić information content (AvgIpc) is 2.21. The molecule has 0 fully saturated rings. The highest BCUT2D eigenvalue weighted by Crippen LogP contribution is 2.23. The summed E-state index contributed by atoms with van der Waals surface area (Å²) in [7, 11) is 3.14. The molecule has 0 aromatic carbocycles. The van der Waals surface area contributed by atoms with Crippen molar-refractivity contribution in [1.82, 2.24) is 9.97 Å². The van der Waals surface area contributed by atoms with Crippen LogP contribution in [-0.2, 0) is 4.74 Å². The van der Waals surface area contributed by atoms with Crippen LogP contribution in [0.15, 0.2) is 6.33 Å². The molecule has 1 heterocycles. The molecule has 0 radical (unpaired) electrons. The molecule has 0 amide bonds. The normalized spacial score (nSPS) is 9.86. The Balaban J connectivity index is 2.66. The summed E-state index contributed by atoms with van der Waals surface area (Å²) in [4.78, 5) is 7.83. The Bertz CT molecular complexity index is 293. The quantitative estimate of drug-likeness (QED) is 0.654. The molecule has 0 aliphatic rings. The summed E-state index contributed by atoms with van der Waals surface area (Å²) in [5.41, 5.74) is 6.13. The molecule has 0 spiro atoms. The van der Waals surface area contributed by atoms with E-state index in [0.717, 1.165) is 0 Å². The standard InChI is InChI=1S/C8H14N4O2/c1-13-4-3-10-7-6(9)8(14-2)12-5-11-7/h5H,3-4,9H2,1-2H3,(H,10,11,12). The van der Waals surface area contributed by atoms with E-state index in [0.29, 0.717) is 30.5 Å². The molecule has 1 aromatic heterocycles. The lowest BCUT2D eigenvalue weighted by molar-refractivity contribution is 0.210. The van der Waals surface area contributed by atoms with Crippen LogP contribution in [0.4, 0.5) is 11.5 Å². The van der Waals surface area contributed by atoms with Crippen LogP contribution < -0.4 is 15.8 Å². The van der Waals surface area contributed by atoms with E-state index in [9.17, 15) is 0 Å². The lowest BCUT2D eigenvalue weighted by Crippen LogP contribution is -2.11. The first-order chi connectivity index (χ1) is 6.79. The number of nitrogens with zero attached hydrogens (tertiary/aromatic N) is 2. The fourth-order valence-corrected chi connectivity index (χ4v) is 0.954. The summed E-state index contributed by atoms with van der Waals surface area (Å²) in [6.07, 6.45) is 1.39. The monoisotopic (exact) mass is 198 g/mol. The van der Waals surface area contributed by atoms with Crippen LogP contribution in [0.2, 0.25) is 0 Å². The van der Waals surface area contributed by atoms with Gasteiger partial charge in [0.2, 0.25) is 5.88 Å². The van der Waals surface area contributed by atoms with Crippen LogP contribution in [0.1, 0.15) is 0 Å². The van der Waals surface area contributed by atoms with E-state index in [4.69, 9.17) is 15.2 Å². The molecule has 6 heteroatoms. The molecule has 3 N–H and O–H groups in total. The number of aromatic nitrogens is 2. The molecular formula is C8H14N4O2. The first-order valence-electron chi connectivity index (χ1n) is 4.17. The minimum atomic E-state index is 0.375. The zero-order valence-electron chi connectivity index (χ0n) is 8.28. The number of nitrogen functional groups attached to an aromatic ring is 1. The zero-order chi connectivity index (χ0) is 10.4.